The molecule has 1 aromatic carbocycles. The number of hydrogen-bond acceptors (Lipinski definition) is 2. The summed E-state index contributed by atoms with van der Waals surface area (Å²) < 4.78 is 1.06. The quantitative estimate of drug-likeness (QED) is 0.876. The average molecular weight is 284 g/mol. The highest BCUT2D eigenvalue weighted by molar-refractivity contribution is 9.10. The second kappa shape index (κ2) is 4.55. The van der Waals surface area contributed by atoms with Crippen LogP contribution in [0.5, 0.6) is 0 Å². The van der Waals surface area contributed by atoms with Crippen molar-refractivity contribution in [1.82, 2.24) is 5.32 Å². The van der Waals surface area contributed by atoms with Gasteiger partial charge in [0.2, 0.25) is 0 Å². The third-order valence-electron chi connectivity index (χ3n) is 3.10. The van der Waals surface area contributed by atoms with Crippen molar-refractivity contribution in [2.24, 2.45) is 0 Å². The Morgan fingerprint density at radius 2 is 2.31 bits per heavy atom. The van der Waals surface area contributed by atoms with Gasteiger partial charge in [-0.05, 0) is 37.1 Å². The topological polar surface area (TPSA) is 49.3 Å². The van der Waals surface area contributed by atoms with Crippen molar-refractivity contribution >= 4 is 21.9 Å². The van der Waals surface area contributed by atoms with Crippen LogP contribution >= 0.6 is 15.9 Å². The number of carboxylic acids is 1. The zero-order valence-corrected chi connectivity index (χ0v) is 10.6. The minimum absolute atomic E-state index is 0.0873. The van der Waals surface area contributed by atoms with Crippen LogP contribution in [-0.2, 0) is 4.79 Å². The largest absolute Gasteiger partial charge is 0.480 e. The molecule has 0 aromatic heterocycles. The van der Waals surface area contributed by atoms with Crippen molar-refractivity contribution in [2.75, 3.05) is 6.54 Å². The molecule has 1 saturated heterocycles. The maximum atomic E-state index is 11.1. The Morgan fingerprint density at radius 1 is 1.56 bits per heavy atom. The van der Waals surface area contributed by atoms with E-state index in [-0.39, 0.29) is 5.92 Å². The molecular formula is C12H14BrNO2. The predicted molar refractivity (Wildman–Crippen MR) is 65.7 cm³/mol. The van der Waals surface area contributed by atoms with E-state index in [0.717, 1.165) is 28.6 Å². The lowest BCUT2D eigenvalue weighted by Gasteiger charge is -2.16. The van der Waals surface area contributed by atoms with Gasteiger partial charge in [0.15, 0.2) is 0 Å². The van der Waals surface area contributed by atoms with Crippen molar-refractivity contribution in [3.05, 3.63) is 33.8 Å². The van der Waals surface area contributed by atoms with Gasteiger partial charge in [-0.25, -0.2) is 0 Å². The number of hydrogen-bond donors (Lipinski definition) is 2. The zero-order chi connectivity index (χ0) is 11.7. The fraction of sp³-hybridized carbons (Fsp3) is 0.417. The minimum Gasteiger partial charge on any atom is -0.480 e. The third kappa shape index (κ3) is 2.13. The molecule has 1 aliphatic heterocycles. The molecule has 0 aliphatic carbocycles. The Bertz CT molecular complexity index is 419. The molecule has 86 valence electrons. The van der Waals surface area contributed by atoms with Crippen LogP contribution in [0, 0.1) is 6.92 Å². The number of aryl methyl sites for hydroxylation is 1. The van der Waals surface area contributed by atoms with Crippen molar-refractivity contribution in [1.29, 1.82) is 0 Å². The van der Waals surface area contributed by atoms with Crippen LogP contribution in [0.15, 0.2) is 22.7 Å². The molecule has 0 radical (unpaired) electrons. The van der Waals surface area contributed by atoms with Crippen LogP contribution in [-0.4, -0.2) is 23.7 Å². The lowest BCUT2D eigenvalue weighted by atomic mass is 9.91. The van der Waals surface area contributed by atoms with Gasteiger partial charge >= 0.3 is 5.97 Å². The summed E-state index contributed by atoms with van der Waals surface area (Å²) in [5.41, 5.74) is 2.26. The van der Waals surface area contributed by atoms with E-state index in [1.807, 2.05) is 19.1 Å². The molecule has 1 fully saturated rings. The highest BCUT2D eigenvalue weighted by Crippen LogP contribution is 2.30. The first-order valence-corrected chi connectivity index (χ1v) is 6.11. The second-order valence-electron chi connectivity index (χ2n) is 4.17. The van der Waals surface area contributed by atoms with Gasteiger partial charge in [0.25, 0.3) is 0 Å². The summed E-state index contributed by atoms with van der Waals surface area (Å²) in [6, 6.07) is 5.62. The highest BCUT2D eigenvalue weighted by Gasteiger charge is 2.33. The standard InChI is InChI=1S/C12H14BrNO2/c1-7-6-8(2-3-10(7)13)9-4-5-14-11(9)12(15)16/h2-3,6,9,11,14H,4-5H2,1H3,(H,15,16). The maximum absolute atomic E-state index is 11.1. The van der Waals surface area contributed by atoms with E-state index in [1.54, 1.807) is 0 Å². The molecule has 1 heterocycles. The molecule has 0 bridgehead atoms. The normalized spacial score (nSPS) is 24.6. The van der Waals surface area contributed by atoms with E-state index in [4.69, 9.17) is 5.11 Å². The fourth-order valence-electron chi connectivity index (χ4n) is 2.22. The Labute approximate surface area is 103 Å². The molecule has 2 N–H and O–H groups in total. The van der Waals surface area contributed by atoms with Gasteiger partial charge in [-0.15, -0.1) is 0 Å². The molecule has 1 aromatic rings. The van der Waals surface area contributed by atoms with Gasteiger partial charge in [-0.2, -0.15) is 0 Å². The number of carboxylic acid groups (broad SMARTS) is 1. The fourth-order valence-corrected chi connectivity index (χ4v) is 2.47. The van der Waals surface area contributed by atoms with E-state index < -0.39 is 12.0 Å². The number of carbonyl (C=O) groups is 1. The molecule has 1 aliphatic rings. The Kier molecular flexibility index (Phi) is 3.30. The van der Waals surface area contributed by atoms with Gasteiger partial charge < -0.3 is 10.4 Å². The smallest absolute Gasteiger partial charge is 0.321 e. The second-order valence-corrected chi connectivity index (χ2v) is 5.03. The summed E-state index contributed by atoms with van der Waals surface area (Å²) in [6.07, 6.45) is 0.887. The Balaban J connectivity index is 2.29. The molecule has 0 amide bonds. The summed E-state index contributed by atoms with van der Waals surface area (Å²) in [5, 5.41) is 12.1. The van der Waals surface area contributed by atoms with Crippen LogP contribution in [0.25, 0.3) is 0 Å². The van der Waals surface area contributed by atoms with Gasteiger partial charge in [-0.1, -0.05) is 28.1 Å². The first kappa shape index (κ1) is 11.6. The van der Waals surface area contributed by atoms with E-state index in [0.29, 0.717) is 0 Å². The summed E-state index contributed by atoms with van der Waals surface area (Å²) in [6.45, 7) is 2.79. The van der Waals surface area contributed by atoms with Crippen molar-refractivity contribution in [3.63, 3.8) is 0 Å². The minimum atomic E-state index is -0.761. The van der Waals surface area contributed by atoms with Crippen molar-refractivity contribution < 1.29 is 9.90 Å². The molecule has 2 atom stereocenters. The molecular weight excluding hydrogens is 270 g/mol. The third-order valence-corrected chi connectivity index (χ3v) is 3.99. The summed E-state index contributed by atoms with van der Waals surface area (Å²) in [7, 11) is 0. The summed E-state index contributed by atoms with van der Waals surface area (Å²) >= 11 is 3.45. The number of nitrogens with one attached hydrogen (secondary N) is 1. The first-order chi connectivity index (χ1) is 7.59. The lowest BCUT2D eigenvalue weighted by Crippen LogP contribution is -2.34. The van der Waals surface area contributed by atoms with Gasteiger partial charge in [0, 0.05) is 10.4 Å². The average Bonchev–Trinajstić information content (AvgIpc) is 2.71. The monoisotopic (exact) mass is 283 g/mol. The lowest BCUT2D eigenvalue weighted by molar-refractivity contribution is -0.139. The highest BCUT2D eigenvalue weighted by atomic mass is 79.9. The maximum Gasteiger partial charge on any atom is 0.321 e. The van der Waals surface area contributed by atoms with Crippen molar-refractivity contribution in [3.8, 4) is 0 Å². The predicted octanol–water partition coefficient (Wildman–Crippen LogP) is 2.29. The SMILES string of the molecule is Cc1cc(C2CCNC2C(=O)O)ccc1Br. The van der Waals surface area contributed by atoms with E-state index in [9.17, 15) is 4.79 Å². The van der Waals surface area contributed by atoms with Crippen LogP contribution < -0.4 is 5.32 Å². The molecule has 3 nitrogen and oxygen atoms in total. The zero-order valence-electron chi connectivity index (χ0n) is 9.03. The van der Waals surface area contributed by atoms with E-state index >= 15 is 0 Å². The molecule has 0 saturated carbocycles. The van der Waals surface area contributed by atoms with Crippen LogP contribution in [0.1, 0.15) is 23.5 Å². The van der Waals surface area contributed by atoms with Crippen LogP contribution in [0.2, 0.25) is 0 Å². The summed E-state index contributed by atoms with van der Waals surface area (Å²) in [5.74, 6) is -0.674. The van der Waals surface area contributed by atoms with Gasteiger partial charge in [0.05, 0.1) is 0 Å². The van der Waals surface area contributed by atoms with E-state index in [2.05, 4.69) is 27.3 Å². The Hall–Kier alpha value is -0.870. The number of aliphatic carboxylic acids is 1. The van der Waals surface area contributed by atoms with Crippen LogP contribution in [0.4, 0.5) is 0 Å². The number of rotatable bonds is 2. The first-order valence-electron chi connectivity index (χ1n) is 5.32. The molecule has 2 unspecified atom stereocenters. The van der Waals surface area contributed by atoms with Crippen molar-refractivity contribution in [2.45, 2.75) is 25.3 Å². The number of halogens is 1. The van der Waals surface area contributed by atoms with E-state index in [1.165, 1.54) is 0 Å². The molecule has 16 heavy (non-hydrogen) atoms. The van der Waals surface area contributed by atoms with Crippen LogP contribution in [0.3, 0.4) is 0 Å². The molecule has 0 spiro atoms. The number of benzene rings is 1. The summed E-state index contributed by atoms with van der Waals surface area (Å²) in [4.78, 5) is 11.1. The van der Waals surface area contributed by atoms with Gasteiger partial charge in [0.1, 0.15) is 6.04 Å². The van der Waals surface area contributed by atoms with Gasteiger partial charge in [-0.3, -0.25) is 4.79 Å². The molecule has 4 heteroatoms. The Morgan fingerprint density at radius 3 is 2.94 bits per heavy atom. The molecule has 2 rings (SSSR count).